The van der Waals surface area contributed by atoms with Crippen LogP contribution in [0.15, 0.2) is 17.4 Å². The summed E-state index contributed by atoms with van der Waals surface area (Å²) in [5.41, 5.74) is 4.00. The van der Waals surface area contributed by atoms with E-state index in [0.717, 1.165) is 47.1 Å². The summed E-state index contributed by atoms with van der Waals surface area (Å²) in [7, 11) is 0. The average molecular weight is 419 g/mol. The molecule has 1 aliphatic carbocycles. The Hall–Kier alpha value is -2.20. The number of thioether (sulfide) groups is 1. The van der Waals surface area contributed by atoms with Crippen LogP contribution >= 0.6 is 24.0 Å². The number of nitrogens with one attached hydrogen (secondary N) is 4. The van der Waals surface area contributed by atoms with Gasteiger partial charge in [-0.15, -0.1) is 0 Å². The predicted molar refractivity (Wildman–Crippen MR) is 119 cm³/mol. The van der Waals surface area contributed by atoms with E-state index in [1.807, 2.05) is 26.8 Å². The number of hydrogen-bond acceptors (Lipinski definition) is 6. The molecule has 0 radical (unpaired) electrons. The standard InChI is InChI=1S/C18H26N8S2/c1-11-8-12(2)23-17(22-11)25-16(26-18(27)24-14-4-5-14)19-6-7-28-9-15-13(3)20-10-21-15/h8,10,14H,4-7,9H2,1-3H3,(H,20,21)(H3,19,22,23,24,25,26,27). The number of anilines is 1. The molecule has 8 nitrogen and oxygen atoms in total. The van der Waals surface area contributed by atoms with Crippen molar-refractivity contribution >= 4 is 41.0 Å². The minimum absolute atomic E-state index is 0.478. The molecule has 2 aromatic rings. The van der Waals surface area contributed by atoms with E-state index in [4.69, 9.17) is 12.2 Å². The molecule has 1 aliphatic rings. The molecule has 0 aromatic carbocycles. The van der Waals surface area contributed by atoms with E-state index in [0.29, 0.717) is 29.6 Å². The van der Waals surface area contributed by atoms with Gasteiger partial charge in [-0.2, -0.15) is 11.8 Å². The molecule has 0 amide bonds. The fourth-order valence-corrected chi connectivity index (χ4v) is 3.59. The molecule has 4 N–H and O–H groups in total. The average Bonchev–Trinajstić information content (AvgIpc) is 3.33. The van der Waals surface area contributed by atoms with Crippen molar-refractivity contribution in [3.63, 3.8) is 0 Å². The lowest BCUT2D eigenvalue weighted by Crippen LogP contribution is -2.43. The monoisotopic (exact) mass is 418 g/mol. The third-order valence-electron chi connectivity index (χ3n) is 4.04. The van der Waals surface area contributed by atoms with Crippen molar-refractivity contribution in [2.24, 2.45) is 4.99 Å². The van der Waals surface area contributed by atoms with Crippen LogP contribution in [-0.4, -0.2) is 49.3 Å². The number of rotatable bonds is 7. The van der Waals surface area contributed by atoms with E-state index in [1.54, 1.807) is 18.1 Å². The maximum absolute atomic E-state index is 5.38. The molecule has 3 rings (SSSR count). The summed E-state index contributed by atoms with van der Waals surface area (Å²) in [6, 6.07) is 2.41. The first-order valence-corrected chi connectivity index (χ1v) is 10.8. The van der Waals surface area contributed by atoms with Crippen molar-refractivity contribution < 1.29 is 0 Å². The highest BCUT2D eigenvalue weighted by atomic mass is 32.2. The fraction of sp³-hybridized carbons (Fsp3) is 0.500. The molecular weight excluding hydrogens is 392 g/mol. The van der Waals surface area contributed by atoms with Crippen LogP contribution in [0, 0.1) is 20.8 Å². The second-order valence-corrected chi connectivity index (χ2v) is 8.24. The van der Waals surface area contributed by atoms with E-state index >= 15 is 0 Å². The Labute approximate surface area is 174 Å². The summed E-state index contributed by atoms with van der Waals surface area (Å²) in [5.74, 6) is 2.80. The van der Waals surface area contributed by atoms with Crippen LogP contribution in [0.4, 0.5) is 5.95 Å². The molecule has 150 valence electrons. The molecule has 0 bridgehead atoms. The zero-order valence-electron chi connectivity index (χ0n) is 16.4. The van der Waals surface area contributed by atoms with E-state index in [2.05, 4.69) is 40.9 Å². The number of aromatic nitrogens is 4. The van der Waals surface area contributed by atoms with E-state index in [-0.39, 0.29) is 0 Å². The van der Waals surface area contributed by atoms with Gasteiger partial charge in [0.1, 0.15) is 0 Å². The van der Waals surface area contributed by atoms with Crippen LogP contribution in [0.5, 0.6) is 0 Å². The first kappa shape index (κ1) is 20.5. The van der Waals surface area contributed by atoms with Crippen molar-refractivity contribution in [2.75, 3.05) is 17.6 Å². The van der Waals surface area contributed by atoms with Crippen molar-refractivity contribution in [1.82, 2.24) is 30.6 Å². The number of nitrogens with zero attached hydrogens (tertiary/aromatic N) is 4. The van der Waals surface area contributed by atoms with Gasteiger partial charge in [0.25, 0.3) is 0 Å². The Morgan fingerprint density at radius 1 is 1.29 bits per heavy atom. The van der Waals surface area contributed by atoms with Gasteiger partial charge in [-0.05, 0) is 51.9 Å². The number of H-pyrrole nitrogens is 1. The van der Waals surface area contributed by atoms with Crippen LogP contribution in [-0.2, 0) is 5.75 Å². The van der Waals surface area contributed by atoms with Gasteiger partial charge in [0.2, 0.25) is 11.9 Å². The Balaban J connectivity index is 1.56. The van der Waals surface area contributed by atoms with Crippen LogP contribution in [0.2, 0.25) is 0 Å². The SMILES string of the molecule is Cc1cc(C)nc(NC(=NCCSCc2nc[nH]c2C)NC(=S)NC2CC2)n1. The molecule has 28 heavy (non-hydrogen) atoms. The summed E-state index contributed by atoms with van der Waals surface area (Å²) >= 11 is 7.18. The maximum Gasteiger partial charge on any atom is 0.229 e. The first-order valence-electron chi connectivity index (χ1n) is 9.27. The highest BCUT2D eigenvalue weighted by Crippen LogP contribution is 2.18. The third kappa shape index (κ3) is 6.75. The lowest BCUT2D eigenvalue weighted by molar-refractivity contribution is 0.897. The Morgan fingerprint density at radius 3 is 2.68 bits per heavy atom. The molecule has 0 aliphatic heterocycles. The predicted octanol–water partition coefficient (Wildman–Crippen LogP) is 2.45. The summed E-state index contributed by atoms with van der Waals surface area (Å²) in [6.07, 6.45) is 4.04. The molecule has 0 saturated heterocycles. The Bertz CT molecular complexity index is 824. The van der Waals surface area contributed by atoms with Crippen LogP contribution in [0.3, 0.4) is 0 Å². The fourth-order valence-electron chi connectivity index (χ4n) is 2.48. The number of guanidine groups is 1. The van der Waals surface area contributed by atoms with Crippen LogP contribution in [0.25, 0.3) is 0 Å². The number of aliphatic imine (C=N–C) groups is 1. The lowest BCUT2D eigenvalue weighted by Gasteiger charge is -2.14. The Kier molecular flexibility index (Phi) is 7.21. The van der Waals surface area contributed by atoms with Gasteiger partial charge in [-0.3, -0.25) is 10.3 Å². The molecule has 2 heterocycles. The van der Waals surface area contributed by atoms with Crippen LogP contribution < -0.4 is 16.0 Å². The largest absolute Gasteiger partial charge is 0.360 e. The van der Waals surface area contributed by atoms with E-state index < -0.39 is 0 Å². The maximum atomic E-state index is 5.38. The van der Waals surface area contributed by atoms with Crippen molar-refractivity contribution in [3.8, 4) is 0 Å². The number of aromatic amines is 1. The van der Waals surface area contributed by atoms with Gasteiger partial charge in [0.15, 0.2) is 5.11 Å². The minimum Gasteiger partial charge on any atom is -0.360 e. The van der Waals surface area contributed by atoms with Crippen molar-refractivity contribution in [3.05, 3.63) is 35.2 Å². The molecular formula is C18H26N8S2. The molecule has 0 spiro atoms. The van der Waals surface area contributed by atoms with Crippen molar-refractivity contribution in [2.45, 2.75) is 45.4 Å². The van der Waals surface area contributed by atoms with E-state index in [9.17, 15) is 0 Å². The zero-order chi connectivity index (χ0) is 19.9. The minimum atomic E-state index is 0.478. The summed E-state index contributed by atoms with van der Waals surface area (Å²) < 4.78 is 0. The summed E-state index contributed by atoms with van der Waals surface area (Å²) in [4.78, 5) is 20.9. The number of aryl methyl sites for hydroxylation is 3. The first-order chi connectivity index (χ1) is 13.5. The van der Waals surface area contributed by atoms with E-state index in [1.165, 1.54) is 0 Å². The molecule has 1 fully saturated rings. The van der Waals surface area contributed by atoms with Gasteiger partial charge < -0.3 is 15.6 Å². The molecule has 10 heteroatoms. The highest BCUT2D eigenvalue weighted by Gasteiger charge is 2.22. The van der Waals surface area contributed by atoms with Gasteiger partial charge in [0.05, 0.1) is 18.6 Å². The highest BCUT2D eigenvalue weighted by molar-refractivity contribution is 7.98. The molecule has 1 saturated carbocycles. The molecule has 2 aromatic heterocycles. The third-order valence-corrected chi connectivity index (χ3v) is 5.20. The summed E-state index contributed by atoms with van der Waals surface area (Å²) in [6.45, 7) is 6.55. The Morgan fingerprint density at radius 2 is 2.04 bits per heavy atom. The number of hydrogen-bond donors (Lipinski definition) is 4. The number of thiocarbonyl (C=S) groups is 1. The second-order valence-electron chi connectivity index (χ2n) is 6.73. The van der Waals surface area contributed by atoms with Gasteiger partial charge >= 0.3 is 0 Å². The molecule has 0 atom stereocenters. The topological polar surface area (TPSA) is 103 Å². The van der Waals surface area contributed by atoms with Gasteiger partial charge in [-0.25, -0.2) is 15.0 Å². The molecule has 0 unspecified atom stereocenters. The summed E-state index contributed by atoms with van der Waals surface area (Å²) in [5, 5.41) is 10.1. The quantitative estimate of drug-likeness (QED) is 0.235. The zero-order valence-corrected chi connectivity index (χ0v) is 18.0. The number of imidazole rings is 1. The normalized spacial score (nSPS) is 14.0. The van der Waals surface area contributed by atoms with Crippen LogP contribution in [0.1, 0.15) is 35.6 Å². The lowest BCUT2D eigenvalue weighted by atomic mass is 10.4. The smallest absolute Gasteiger partial charge is 0.229 e. The second kappa shape index (κ2) is 9.83. The van der Waals surface area contributed by atoms with Gasteiger partial charge in [0, 0.05) is 34.6 Å². The van der Waals surface area contributed by atoms with Gasteiger partial charge in [-0.1, -0.05) is 0 Å². The van der Waals surface area contributed by atoms with Crippen molar-refractivity contribution in [1.29, 1.82) is 0 Å².